The molecule has 7 heteroatoms. The third-order valence-electron chi connectivity index (χ3n) is 5.66. The van der Waals surface area contributed by atoms with Crippen LogP contribution < -0.4 is 20.5 Å². The summed E-state index contributed by atoms with van der Waals surface area (Å²) >= 11 is 0. The van der Waals surface area contributed by atoms with Crippen LogP contribution in [0.5, 0.6) is 5.75 Å². The lowest BCUT2D eigenvalue weighted by Crippen LogP contribution is -2.69. The number of ether oxygens (including phenoxy) is 1. The maximum absolute atomic E-state index is 13.1. The Hall–Kier alpha value is -2.80. The van der Waals surface area contributed by atoms with Crippen molar-refractivity contribution in [1.82, 2.24) is 14.9 Å². The predicted molar refractivity (Wildman–Crippen MR) is 103 cm³/mol. The number of carbonyl (C=O) groups excluding carboxylic acids is 1. The molecule has 0 radical (unpaired) electrons. The van der Waals surface area contributed by atoms with Crippen molar-refractivity contribution < 1.29 is 9.53 Å². The van der Waals surface area contributed by atoms with Crippen LogP contribution >= 0.6 is 0 Å². The standard InChI is InChI=1S/C20H24N4O3/c1-21-14-9-10-15(13-7-5-4-6-8-13)24-19(14)22(2)20(26)17-18(27-3)16(25)11-12-23(17)24/h4-8,11-12,14-15,19,21H,9-10H2,1-3H3/t14-,15-,19-/m0/s1. The SMILES string of the molecule is CN[C@H]1CC[C@@H](c2ccccc2)N2[C@@H]1N(C)C(=O)c1c(OC)c(=O)ccn12. The number of methoxy groups -OCH3 is 1. The van der Waals surface area contributed by atoms with Crippen molar-refractivity contribution in [3.05, 3.63) is 64.1 Å². The van der Waals surface area contributed by atoms with Gasteiger partial charge in [0.2, 0.25) is 5.43 Å². The van der Waals surface area contributed by atoms with Crippen LogP contribution in [0.4, 0.5) is 0 Å². The molecular weight excluding hydrogens is 344 g/mol. The smallest absolute Gasteiger partial charge is 0.277 e. The summed E-state index contributed by atoms with van der Waals surface area (Å²) in [6.45, 7) is 0. The fraction of sp³-hybridized carbons (Fsp3) is 0.400. The van der Waals surface area contributed by atoms with Crippen molar-refractivity contribution in [2.75, 3.05) is 26.2 Å². The van der Waals surface area contributed by atoms with Gasteiger partial charge in [0, 0.05) is 25.4 Å². The summed E-state index contributed by atoms with van der Waals surface area (Å²) in [7, 11) is 5.14. The first kappa shape index (κ1) is 17.6. The number of aromatic nitrogens is 1. The van der Waals surface area contributed by atoms with E-state index < -0.39 is 0 Å². The number of nitrogens with one attached hydrogen (secondary N) is 1. The number of pyridine rings is 1. The minimum Gasteiger partial charge on any atom is -0.491 e. The molecule has 0 saturated carbocycles. The highest BCUT2D eigenvalue weighted by atomic mass is 16.5. The van der Waals surface area contributed by atoms with Gasteiger partial charge < -0.3 is 15.0 Å². The van der Waals surface area contributed by atoms with E-state index in [0.29, 0.717) is 0 Å². The van der Waals surface area contributed by atoms with E-state index in [9.17, 15) is 9.59 Å². The Kier molecular flexibility index (Phi) is 4.39. The molecule has 0 spiro atoms. The molecule has 142 valence electrons. The van der Waals surface area contributed by atoms with Crippen LogP contribution in [-0.2, 0) is 0 Å². The maximum atomic E-state index is 13.1. The van der Waals surface area contributed by atoms with Crippen molar-refractivity contribution >= 4 is 5.91 Å². The van der Waals surface area contributed by atoms with Gasteiger partial charge in [-0.3, -0.25) is 19.3 Å². The number of carbonyl (C=O) groups is 1. The molecule has 0 bridgehead atoms. The van der Waals surface area contributed by atoms with E-state index in [-0.39, 0.29) is 41.0 Å². The Morgan fingerprint density at radius 2 is 1.85 bits per heavy atom. The van der Waals surface area contributed by atoms with Gasteiger partial charge in [0.05, 0.1) is 13.2 Å². The van der Waals surface area contributed by atoms with E-state index in [4.69, 9.17) is 4.74 Å². The van der Waals surface area contributed by atoms with Gasteiger partial charge in [0.25, 0.3) is 5.91 Å². The van der Waals surface area contributed by atoms with E-state index in [1.54, 1.807) is 18.1 Å². The number of amides is 1. The highest BCUT2D eigenvalue weighted by Gasteiger charge is 2.47. The molecule has 1 N–H and O–H groups in total. The molecule has 4 rings (SSSR count). The highest BCUT2D eigenvalue weighted by molar-refractivity contribution is 5.96. The lowest BCUT2D eigenvalue weighted by atomic mass is 9.90. The number of hydrogen-bond acceptors (Lipinski definition) is 5. The fourth-order valence-electron chi connectivity index (χ4n) is 4.38. The van der Waals surface area contributed by atoms with Gasteiger partial charge in [-0.2, -0.15) is 0 Å². The molecule has 2 aliphatic heterocycles. The largest absolute Gasteiger partial charge is 0.491 e. The van der Waals surface area contributed by atoms with Gasteiger partial charge in [0.15, 0.2) is 11.4 Å². The number of benzene rings is 1. The molecule has 1 saturated heterocycles. The minimum atomic E-state index is -0.289. The van der Waals surface area contributed by atoms with Crippen LogP contribution in [0.1, 0.15) is 34.9 Å². The monoisotopic (exact) mass is 368 g/mol. The molecule has 1 fully saturated rings. The van der Waals surface area contributed by atoms with Crippen LogP contribution in [0.3, 0.4) is 0 Å². The van der Waals surface area contributed by atoms with Crippen LogP contribution in [-0.4, -0.2) is 48.9 Å². The molecule has 0 unspecified atom stereocenters. The average molecular weight is 368 g/mol. The second-order valence-electron chi connectivity index (χ2n) is 7.02. The summed E-state index contributed by atoms with van der Waals surface area (Å²) in [6.07, 6.45) is 3.40. The predicted octanol–water partition coefficient (Wildman–Crippen LogP) is 1.33. The van der Waals surface area contributed by atoms with Crippen LogP contribution in [0.25, 0.3) is 0 Å². The van der Waals surface area contributed by atoms with Gasteiger partial charge in [0.1, 0.15) is 6.17 Å². The molecule has 2 aromatic rings. The number of fused-ring (bicyclic) bond motifs is 3. The average Bonchev–Trinajstić information content (AvgIpc) is 2.71. The molecule has 27 heavy (non-hydrogen) atoms. The van der Waals surface area contributed by atoms with Crippen molar-refractivity contribution in [2.24, 2.45) is 0 Å². The molecule has 3 heterocycles. The first-order valence-corrected chi connectivity index (χ1v) is 9.16. The zero-order valence-corrected chi connectivity index (χ0v) is 15.8. The van der Waals surface area contributed by atoms with Crippen molar-refractivity contribution in [1.29, 1.82) is 0 Å². The van der Waals surface area contributed by atoms with Gasteiger partial charge in [-0.1, -0.05) is 30.3 Å². The molecule has 1 amide bonds. The van der Waals surface area contributed by atoms with E-state index >= 15 is 0 Å². The van der Waals surface area contributed by atoms with Crippen LogP contribution in [0.15, 0.2) is 47.4 Å². The quantitative estimate of drug-likeness (QED) is 0.885. The number of rotatable bonds is 3. The molecule has 2 aliphatic rings. The first-order valence-electron chi connectivity index (χ1n) is 9.16. The first-order chi connectivity index (χ1) is 13.1. The Bertz CT molecular complexity index is 911. The number of nitrogens with zero attached hydrogens (tertiary/aromatic N) is 3. The van der Waals surface area contributed by atoms with Gasteiger partial charge in [-0.15, -0.1) is 0 Å². The zero-order valence-electron chi connectivity index (χ0n) is 15.8. The normalized spacial score (nSPS) is 24.4. The second kappa shape index (κ2) is 6.74. The Morgan fingerprint density at radius 1 is 1.11 bits per heavy atom. The third-order valence-corrected chi connectivity index (χ3v) is 5.66. The molecule has 3 atom stereocenters. The number of piperidine rings is 1. The van der Waals surface area contributed by atoms with Crippen LogP contribution in [0, 0.1) is 0 Å². The third kappa shape index (κ3) is 2.61. The molecule has 1 aromatic heterocycles. The summed E-state index contributed by atoms with van der Waals surface area (Å²) in [4.78, 5) is 27.1. The summed E-state index contributed by atoms with van der Waals surface area (Å²) in [5.41, 5.74) is 1.17. The van der Waals surface area contributed by atoms with E-state index in [2.05, 4.69) is 22.5 Å². The van der Waals surface area contributed by atoms with Crippen LogP contribution in [0.2, 0.25) is 0 Å². The molecule has 1 aromatic carbocycles. The lowest BCUT2D eigenvalue weighted by molar-refractivity contribution is 0.0482. The van der Waals surface area contributed by atoms with Crippen molar-refractivity contribution in [2.45, 2.75) is 31.1 Å². The summed E-state index contributed by atoms with van der Waals surface area (Å²) < 4.78 is 7.13. The second-order valence-corrected chi connectivity index (χ2v) is 7.02. The number of hydrogen-bond donors (Lipinski definition) is 1. The van der Waals surface area contributed by atoms with E-state index in [1.165, 1.54) is 18.7 Å². The summed E-state index contributed by atoms with van der Waals surface area (Å²) in [6, 6.07) is 11.9. The maximum Gasteiger partial charge on any atom is 0.277 e. The van der Waals surface area contributed by atoms with Crippen molar-refractivity contribution in [3.63, 3.8) is 0 Å². The zero-order chi connectivity index (χ0) is 19.1. The summed E-state index contributed by atoms with van der Waals surface area (Å²) in [5.74, 6) is -0.119. The van der Waals surface area contributed by atoms with E-state index in [0.717, 1.165) is 12.8 Å². The molecule has 7 nitrogen and oxygen atoms in total. The van der Waals surface area contributed by atoms with Gasteiger partial charge in [-0.05, 0) is 25.5 Å². The molecule has 0 aliphatic carbocycles. The minimum absolute atomic E-state index is 0.0855. The Labute approximate surface area is 158 Å². The lowest BCUT2D eigenvalue weighted by Gasteiger charge is -2.54. The van der Waals surface area contributed by atoms with Crippen molar-refractivity contribution in [3.8, 4) is 5.75 Å². The van der Waals surface area contributed by atoms with Gasteiger partial charge in [-0.25, -0.2) is 0 Å². The highest BCUT2D eigenvalue weighted by Crippen LogP contribution is 2.38. The fourth-order valence-corrected chi connectivity index (χ4v) is 4.38. The summed E-state index contributed by atoms with van der Waals surface area (Å²) in [5, 5.41) is 5.55. The van der Waals surface area contributed by atoms with Gasteiger partial charge >= 0.3 is 0 Å². The van der Waals surface area contributed by atoms with E-state index in [1.807, 2.05) is 29.9 Å². The topological polar surface area (TPSA) is 66.8 Å². The molecular formula is C20H24N4O3. The Balaban J connectivity index is 1.94. The Morgan fingerprint density at radius 3 is 2.52 bits per heavy atom. The number of likely N-dealkylation sites (N-methyl/N-ethyl adjacent to an activating group) is 2.